The number of aliphatic hydroxyl groups is 1. The molecule has 5 amide bonds. The topological polar surface area (TPSA) is 291 Å². The Hall–Kier alpha value is -4.98. The minimum atomic E-state index is -5.19. The maximum absolute atomic E-state index is 12.9. The van der Waals surface area contributed by atoms with E-state index in [1.807, 2.05) is 0 Å². The number of anilines is 2. The molecule has 0 aliphatic heterocycles. The number of carboxylic acids is 3. The summed E-state index contributed by atoms with van der Waals surface area (Å²) in [5.74, 6) is -7.94. The van der Waals surface area contributed by atoms with Crippen molar-refractivity contribution < 1.29 is 72.9 Å². The summed E-state index contributed by atoms with van der Waals surface area (Å²) >= 11 is 0. The Labute approximate surface area is 272 Å². The SMILES string of the molecule is CC(C)C[C@H](NC(=O)[C@H](CO)NC(=O)Nc1ccccc1NC(=O)[C@@H]([NH3+])CCC(=O)O)C(=O)N[C@H](C(=O)O)C(C)C.O=C([O-])C(F)(F)F. The second kappa shape index (κ2) is 20.3. The quantitative estimate of drug-likeness (QED) is 0.0973. The van der Waals surface area contributed by atoms with E-state index in [0.717, 1.165) is 0 Å². The number of carbonyl (C=O) groups is 7. The zero-order valence-corrected chi connectivity index (χ0v) is 26.6. The second-order valence-electron chi connectivity index (χ2n) is 11.0. The minimum Gasteiger partial charge on any atom is -0.542 e. The number of hydrogen-bond donors (Lipinski definition) is 9. The van der Waals surface area contributed by atoms with Gasteiger partial charge < -0.3 is 57.5 Å². The molecule has 0 bridgehead atoms. The Morgan fingerprint density at radius 1 is 0.833 bits per heavy atom. The Kier molecular flexibility index (Phi) is 18.2. The first-order chi connectivity index (χ1) is 22.1. The van der Waals surface area contributed by atoms with Crippen LogP contribution < -0.4 is 37.4 Å². The molecule has 20 heteroatoms. The standard InChI is InChI=1S/C26H40N6O9.C2HF3O2/c1-13(2)11-18(23(37)32-21(14(3)4)25(39)40)29-24(38)19(12-33)31-26(41)30-17-8-6-5-7-16(17)28-22(36)15(27)9-10-20(34)35;3-2(4,5)1(6)7/h5-8,13-15,18-19,21,33H,9-12,27H2,1-4H3,(H,28,36)(H,29,38)(H,32,37)(H,34,35)(H,39,40)(H2,30,31,41);(H,6,7)/t15-,18-,19-,21-;/m0./s1. The molecule has 0 saturated carbocycles. The van der Waals surface area contributed by atoms with E-state index in [2.05, 4.69) is 32.3 Å². The number of nitrogens with one attached hydrogen (secondary N) is 5. The van der Waals surface area contributed by atoms with Gasteiger partial charge in [0, 0.05) is 6.42 Å². The van der Waals surface area contributed by atoms with Crippen molar-refractivity contribution in [3.8, 4) is 0 Å². The number of halogens is 3. The molecule has 0 saturated heterocycles. The van der Waals surface area contributed by atoms with Gasteiger partial charge in [-0.2, -0.15) is 13.2 Å². The van der Waals surface area contributed by atoms with Crippen LogP contribution in [0.2, 0.25) is 0 Å². The molecule has 0 aliphatic rings. The third kappa shape index (κ3) is 16.5. The number of quaternary nitrogens is 1. The van der Waals surface area contributed by atoms with Crippen molar-refractivity contribution in [1.29, 1.82) is 0 Å². The van der Waals surface area contributed by atoms with E-state index < -0.39 is 84.5 Å². The van der Waals surface area contributed by atoms with Gasteiger partial charge in [0.2, 0.25) is 11.8 Å². The van der Waals surface area contributed by atoms with Gasteiger partial charge in [-0.25, -0.2) is 9.59 Å². The van der Waals surface area contributed by atoms with Crippen molar-refractivity contribution in [1.82, 2.24) is 16.0 Å². The molecule has 0 heterocycles. The summed E-state index contributed by atoms with van der Waals surface area (Å²) in [6.45, 7) is 6.04. The van der Waals surface area contributed by atoms with Gasteiger partial charge in [-0.1, -0.05) is 39.8 Å². The zero-order chi connectivity index (χ0) is 37.4. The van der Waals surface area contributed by atoms with Crippen molar-refractivity contribution >= 4 is 53.0 Å². The molecule has 0 fully saturated rings. The highest BCUT2D eigenvalue weighted by atomic mass is 19.4. The normalized spacial score (nSPS) is 13.5. The summed E-state index contributed by atoms with van der Waals surface area (Å²) < 4.78 is 31.5. The van der Waals surface area contributed by atoms with E-state index in [0.29, 0.717) is 0 Å². The number of carbonyl (C=O) groups excluding carboxylic acids is 5. The molecule has 270 valence electrons. The first-order valence-corrected chi connectivity index (χ1v) is 14.3. The van der Waals surface area contributed by atoms with Crippen LogP contribution in [0.25, 0.3) is 0 Å². The van der Waals surface area contributed by atoms with Crippen LogP contribution >= 0.6 is 0 Å². The van der Waals surface area contributed by atoms with Crippen LogP contribution in [0.3, 0.4) is 0 Å². The number of alkyl halides is 3. The van der Waals surface area contributed by atoms with Crippen LogP contribution in [0, 0.1) is 11.8 Å². The van der Waals surface area contributed by atoms with E-state index in [4.69, 9.17) is 15.0 Å². The molecule has 0 aliphatic carbocycles. The fraction of sp³-hybridized carbons (Fsp3) is 0.536. The van der Waals surface area contributed by atoms with Crippen LogP contribution in [-0.4, -0.2) is 93.9 Å². The summed E-state index contributed by atoms with van der Waals surface area (Å²) in [6, 6.07) is 0.569. The average Bonchev–Trinajstić information content (AvgIpc) is 2.96. The molecule has 17 nitrogen and oxygen atoms in total. The van der Waals surface area contributed by atoms with Gasteiger partial charge in [0.15, 0.2) is 6.04 Å². The molecule has 1 rings (SSSR count). The third-order valence-electron chi connectivity index (χ3n) is 6.12. The zero-order valence-electron chi connectivity index (χ0n) is 26.6. The number of para-hydroxylation sites is 2. The maximum Gasteiger partial charge on any atom is 0.430 e. The summed E-state index contributed by atoms with van der Waals surface area (Å²) in [6.07, 6.45) is -5.26. The molecule has 1 aromatic carbocycles. The van der Waals surface area contributed by atoms with Crippen molar-refractivity contribution in [2.75, 3.05) is 17.2 Å². The molecule has 1 aromatic rings. The van der Waals surface area contributed by atoms with Crippen LogP contribution in [-0.2, 0) is 28.8 Å². The van der Waals surface area contributed by atoms with Crippen LogP contribution in [0.4, 0.5) is 29.3 Å². The summed E-state index contributed by atoms with van der Waals surface area (Å²) in [5.41, 5.74) is 3.98. The van der Waals surface area contributed by atoms with E-state index in [9.17, 15) is 52.2 Å². The first-order valence-electron chi connectivity index (χ1n) is 14.3. The van der Waals surface area contributed by atoms with Crippen molar-refractivity contribution in [3.05, 3.63) is 24.3 Å². The van der Waals surface area contributed by atoms with Gasteiger partial charge in [0.25, 0.3) is 5.91 Å². The van der Waals surface area contributed by atoms with Crippen LogP contribution in [0.5, 0.6) is 0 Å². The average molecular weight is 695 g/mol. The first kappa shape index (κ1) is 43.0. The Morgan fingerprint density at radius 3 is 1.75 bits per heavy atom. The minimum absolute atomic E-state index is 0.00873. The van der Waals surface area contributed by atoms with Gasteiger partial charge in [-0.05, 0) is 30.4 Å². The van der Waals surface area contributed by atoms with Gasteiger partial charge in [0.05, 0.1) is 24.4 Å². The second-order valence-corrected chi connectivity index (χ2v) is 11.0. The Balaban J connectivity index is 0.00000282. The molecule has 0 aromatic heterocycles. The van der Waals surface area contributed by atoms with E-state index in [-0.39, 0.29) is 36.6 Å². The highest BCUT2D eigenvalue weighted by Gasteiger charge is 2.31. The molecule has 0 spiro atoms. The molecule has 0 radical (unpaired) electrons. The number of aliphatic hydroxyl groups excluding tert-OH is 1. The lowest BCUT2D eigenvalue weighted by molar-refractivity contribution is -0.403. The Bertz CT molecular complexity index is 1290. The monoisotopic (exact) mass is 694 g/mol. The highest BCUT2D eigenvalue weighted by molar-refractivity contribution is 6.01. The molecular formula is C28H41F3N6O11. The fourth-order valence-electron chi connectivity index (χ4n) is 3.62. The maximum atomic E-state index is 12.9. The van der Waals surface area contributed by atoms with E-state index in [1.165, 1.54) is 12.1 Å². The van der Waals surface area contributed by atoms with Gasteiger partial charge >= 0.3 is 24.1 Å². The highest BCUT2D eigenvalue weighted by Crippen LogP contribution is 2.21. The fourth-order valence-corrected chi connectivity index (χ4v) is 3.62. The van der Waals surface area contributed by atoms with Crippen molar-refractivity contribution in [2.24, 2.45) is 11.8 Å². The molecule has 4 atom stereocenters. The van der Waals surface area contributed by atoms with Crippen molar-refractivity contribution in [3.63, 3.8) is 0 Å². The number of benzene rings is 1. The largest absolute Gasteiger partial charge is 0.542 e. The lowest BCUT2D eigenvalue weighted by Crippen LogP contribution is -2.66. The summed E-state index contributed by atoms with van der Waals surface area (Å²) in [5, 5.41) is 49.0. The predicted octanol–water partition coefficient (Wildman–Crippen LogP) is -1.36. The lowest BCUT2D eigenvalue weighted by atomic mass is 10.00. The van der Waals surface area contributed by atoms with Crippen molar-refractivity contribution in [2.45, 2.75) is 77.3 Å². The third-order valence-corrected chi connectivity index (χ3v) is 6.12. The number of hydrogen-bond acceptors (Lipinski definition) is 9. The predicted molar refractivity (Wildman–Crippen MR) is 158 cm³/mol. The van der Waals surface area contributed by atoms with Gasteiger partial charge in [-0.3, -0.25) is 19.2 Å². The molecular weight excluding hydrogens is 653 g/mol. The summed E-state index contributed by atoms with van der Waals surface area (Å²) in [7, 11) is 0. The summed E-state index contributed by atoms with van der Waals surface area (Å²) in [4.78, 5) is 81.9. The number of amides is 5. The Morgan fingerprint density at radius 2 is 1.33 bits per heavy atom. The van der Waals surface area contributed by atoms with Gasteiger partial charge in [0.1, 0.15) is 24.1 Å². The number of urea groups is 1. The number of carboxylic acid groups (broad SMARTS) is 3. The van der Waals surface area contributed by atoms with E-state index in [1.54, 1.807) is 39.8 Å². The smallest absolute Gasteiger partial charge is 0.430 e. The molecule has 11 N–H and O–H groups in total. The molecule has 48 heavy (non-hydrogen) atoms. The molecule has 0 unspecified atom stereocenters. The van der Waals surface area contributed by atoms with Crippen LogP contribution in [0.1, 0.15) is 47.0 Å². The van der Waals surface area contributed by atoms with Crippen LogP contribution in [0.15, 0.2) is 24.3 Å². The number of rotatable bonds is 16. The van der Waals surface area contributed by atoms with E-state index >= 15 is 0 Å². The number of aliphatic carboxylic acids is 3. The van der Waals surface area contributed by atoms with Gasteiger partial charge in [-0.15, -0.1) is 0 Å². The lowest BCUT2D eigenvalue weighted by Gasteiger charge is -2.26.